The van der Waals surface area contributed by atoms with E-state index in [1.807, 2.05) is 37.3 Å². The zero-order valence-electron chi connectivity index (χ0n) is 9.76. The molecule has 0 heterocycles. The predicted octanol–water partition coefficient (Wildman–Crippen LogP) is 1.68. The predicted molar refractivity (Wildman–Crippen MR) is 64.4 cm³/mol. The molecule has 1 aromatic carbocycles. The molecule has 0 aliphatic rings. The fraction of sp³-hybridized carbons (Fsp3) is 0.333. The van der Waals surface area contributed by atoms with Crippen LogP contribution in [0.4, 0.5) is 5.69 Å². The smallest absolute Gasteiger partial charge is 0.417 e. The van der Waals surface area contributed by atoms with Crippen molar-refractivity contribution in [3.63, 3.8) is 0 Å². The molecule has 0 radical (unpaired) electrons. The number of unbranched alkanes of at least 4 members (excludes halogenated alkanes) is 1. The van der Waals surface area contributed by atoms with Crippen LogP contribution < -0.4 is 5.73 Å². The van der Waals surface area contributed by atoms with E-state index < -0.39 is 11.9 Å². The molecule has 5 heteroatoms. The van der Waals surface area contributed by atoms with Gasteiger partial charge in [-0.1, -0.05) is 31.5 Å². The topological polar surface area (TPSA) is 89.6 Å². The summed E-state index contributed by atoms with van der Waals surface area (Å²) in [6, 6.07) is 9.49. The average Bonchev–Trinajstić information content (AvgIpc) is 2.31. The monoisotopic (exact) mass is 239 g/mol. The van der Waals surface area contributed by atoms with Gasteiger partial charge in [-0.05, 0) is 18.6 Å². The summed E-state index contributed by atoms with van der Waals surface area (Å²) in [4.78, 5) is 20.0. The van der Waals surface area contributed by atoms with E-state index in [0.29, 0.717) is 6.42 Å². The third-order valence-corrected chi connectivity index (χ3v) is 1.71. The Bertz CT molecular complexity index is 338. The maximum Gasteiger partial charge on any atom is 0.417 e. The molecule has 17 heavy (non-hydrogen) atoms. The summed E-state index contributed by atoms with van der Waals surface area (Å²) in [6.45, 7) is 2.12. The summed E-state index contributed by atoms with van der Waals surface area (Å²) in [6.07, 6.45) is 1.59. The second-order valence-corrected chi connectivity index (χ2v) is 3.21. The molecular weight excluding hydrogens is 222 g/mol. The largest absolute Gasteiger partial charge is 0.473 e. The number of para-hydroxylation sites is 1. The van der Waals surface area contributed by atoms with Crippen LogP contribution in [0.3, 0.4) is 0 Å². The molecule has 0 aliphatic heterocycles. The van der Waals surface area contributed by atoms with Crippen molar-refractivity contribution in [2.24, 2.45) is 0 Å². The number of carbonyl (C=O) groups excluding carboxylic acids is 1. The Kier molecular flexibility index (Phi) is 8.10. The van der Waals surface area contributed by atoms with Crippen LogP contribution in [-0.2, 0) is 14.3 Å². The maximum absolute atomic E-state index is 10.2. The number of rotatable bonds is 3. The molecule has 94 valence electrons. The van der Waals surface area contributed by atoms with E-state index >= 15 is 0 Å². The molecule has 0 bridgehead atoms. The van der Waals surface area contributed by atoms with E-state index in [1.165, 1.54) is 0 Å². The Balaban J connectivity index is 0.000000318. The van der Waals surface area contributed by atoms with Gasteiger partial charge >= 0.3 is 11.9 Å². The molecule has 0 aliphatic carbocycles. The number of esters is 1. The Morgan fingerprint density at radius 2 is 1.88 bits per heavy atom. The zero-order chi connectivity index (χ0) is 13.1. The van der Waals surface area contributed by atoms with Crippen LogP contribution in [0.25, 0.3) is 0 Å². The van der Waals surface area contributed by atoms with Gasteiger partial charge in [0.1, 0.15) is 0 Å². The van der Waals surface area contributed by atoms with Crippen molar-refractivity contribution in [3.05, 3.63) is 30.3 Å². The first-order valence-corrected chi connectivity index (χ1v) is 5.28. The van der Waals surface area contributed by atoms with Gasteiger partial charge < -0.3 is 15.6 Å². The van der Waals surface area contributed by atoms with Crippen LogP contribution in [0, 0.1) is 0 Å². The van der Waals surface area contributed by atoms with Gasteiger partial charge in [-0.15, -0.1) is 0 Å². The lowest BCUT2D eigenvalue weighted by Gasteiger charge is -1.97. The summed E-state index contributed by atoms with van der Waals surface area (Å²) < 4.78 is 4.31. The maximum atomic E-state index is 10.2. The quantitative estimate of drug-likeness (QED) is 0.362. The zero-order valence-corrected chi connectivity index (χ0v) is 9.76. The van der Waals surface area contributed by atoms with Crippen molar-refractivity contribution in [1.82, 2.24) is 0 Å². The minimum Gasteiger partial charge on any atom is -0.473 e. The van der Waals surface area contributed by atoms with Crippen LogP contribution in [0.5, 0.6) is 0 Å². The molecule has 1 rings (SSSR count). The standard InChI is InChI=1S/C6H7N.C6H10O4/c7-6-4-2-1-3-5-6;1-2-3-4-10-6(9)5(7)8/h1-5H,7H2;2-4H2,1H3,(H,7,8). The normalized spacial score (nSPS) is 8.76. The number of anilines is 1. The second-order valence-electron chi connectivity index (χ2n) is 3.21. The first-order chi connectivity index (χ1) is 8.07. The first kappa shape index (κ1) is 15.0. The highest BCUT2D eigenvalue weighted by Crippen LogP contribution is 1.95. The van der Waals surface area contributed by atoms with Crippen LogP contribution >= 0.6 is 0 Å². The lowest BCUT2D eigenvalue weighted by Crippen LogP contribution is -2.16. The Morgan fingerprint density at radius 1 is 1.29 bits per heavy atom. The molecule has 3 N–H and O–H groups in total. The number of carbonyl (C=O) groups is 2. The molecule has 0 saturated heterocycles. The first-order valence-electron chi connectivity index (χ1n) is 5.28. The van der Waals surface area contributed by atoms with Crippen molar-refractivity contribution in [3.8, 4) is 0 Å². The van der Waals surface area contributed by atoms with Gasteiger partial charge in [-0.3, -0.25) is 0 Å². The summed E-state index contributed by atoms with van der Waals surface area (Å²) >= 11 is 0. The number of carboxylic acids is 1. The third kappa shape index (κ3) is 8.92. The summed E-state index contributed by atoms with van der Waals surface area (Å²) in [5.41, 5.74) is 6.18. The number of carboxylic acid groups (broad SMARTS) is 1. The van der Waals surface area contributed by atoms with Crippen molar-refractivity contribution in [2.75, 3.05) is 12.3 Å². The Morgan fingerprint density at radius 3 is 2.24 bits per heavy atom. The van der Waals surface area contributed by atoms with Crippen LogP contribution in [0.1, 0.15) is 19.8 Å². The van der Waals surface area contributed by atoms with Gasteiger partial charge in [0.2, 0.25) is 0 Å². The molecule has 5 nitrogen and oxygen atoms in total. The van der Waals surface area contributed by atoms with E-state index in [-0.39, 0.29) is 6.61 Å². The minimum atomic E-state index is -1.53. The number of benzene rings is 1. The lowest BCUT2D eigenvalue weighted by molar-refractivity contribution is -0.163. The van der Waals surface area contributed by atoms with Crippen molar-refractivity contribution in [2.45, 2.75) is 19.8 Å². The highest BCUT2D eigenvalue weighted by Gasteiger charge is 2.11. The second kappa shape index (κ2) is 9.21. The molecule has 0 atom stereocenters. The molecule has 0 aromatic heterocycles. The number of aliphatic carboxylic acids is 1. The molecular formula is C12H17NO4. The highest BCUT2D eigenvalue weighted by atomic mass is 16.6. The molecule has 0 spiro atoms. The molecule has 0 amide bonds. The average molecular weight is 239 g/mol. The number of hydrogen-bond acceptors (Lipinski definition) is 4. The van der Waals surface area contributed by atoms with E-state index in [2.05, 4.69) is 4.74 Å². The van der Waals surface area contributed by atoms with Crippen molar-refractivity contribution >= 4 is 17.6 Å². The van der Waals surface area contributed by atoms with Crippen LogP contribution in [0.2, 0.25) is 0 Å². The van der Waals surface area contributed by atoms with E-state index in [9.17, 15) is 9.59 Å². The molecule has 0 saturated carbocycles. The van der Waals surface area contributed by atoms with Gasteiger partial charge in [0.25, 0.3) is 0 Å². The fourth-order valence-electron chi connectivity index (χ4n) is 0.824. The van der Waals surface area contributed by atoms with Gasteiger partial charge in [-0.2, -0.15) is 0 Å². The summed E-state index contributed by atoms with van der Waals surface area (Å²) in [5, 5.41) is 8.01. The number of hydrogen-bond donors (Lipinski definition) is 2. The molecule has 0 fully saturated rings. The third-order valence-electron chi connectivity index (χ3n) is 1.71. The molecule has 0 unspecified atom stereocenters. The SMILES string of the molecule is CCCCOC(=O)C(=O)O.Nc1ccccc1. The van der Waals surface area contributed by atoms with E-state index in [1.54, 1.807) is 0 Å². The Hall–Kier alpha value is -2.04. The summed E-state index contributed by atoms with van der Waals surface area (Å²) in [5.74, 6) is -2.70. The number of nitrogen functional groups attached to an aromatic ring is 1. The summed E-state index contributed by atoms with van der Waals surface area (Å²) in [7, 11) is 0. The molecule has 1 aromatic rings. The van der Waals surface area contributed by atoms with Crippen LogP contribution in [-0.4, -0.2) is 23.7 Å². The van der Waals surface area contributed by atoms with Gasteiger partial charge in [0.05, 0.1) is 6.61 Å². The van der Waals surface area contributed by atoms with Gasteiger partial charge in [0, 0.05) is 5.69 Å². The van der Waals surface area contributed by atoms with Crippen molar-refractivity contribution < 1.29 is 19.4 Å². The van der Waals surface area contributed by atoms with Gasteiger partial charge in [0.15, 0.2) is 0 Å². The lowest BCUT2D eigenvalue weighted by atomic mass is 10.3. The van der Waals surface area contributed by atoms with Gasteiger partial charge in [-0.25, -0.2) is 9.59 Å². The van der Waals surface area contributed by atoms with E-state index in [0.717, 1.165) is 12.1 Å². The number of ether oxygens (including phenoxy) is 1. The highest BCUT2D eigenvalue weighted by molar-refractivity contribution is 6.28. The van der Waals surface area contributed by atoms with E-state index in [4.69, 9.17) is 10.8 Å². The fourth-order valence-corrected chi connectivity index (χ4v) is 0.824. The minimum absolute atomic E-state index is 0.196. The Labute approximate surface area is 100 Å². The van der Waals surface area contributed by atoms with Crippen LogP contribution in [0.15, 0.2) is 30.3 Å². The van der Waals surface area contributed by atoms with Crippen molar-refractivity contribution in [1.29, 1.82) is 0 Å². The number of nitrogens with two attached hydrogens (primary N) is 1.